The number of likely N-dealkylation sites (tertiary alicyclic amines) is 1. The van der Waals surface area contributed by atoms with Crippen LogP contribution in [0.3, 0.4) is 0 Å². The third-order valence-corrected chi connectivity index (χ3v) is 4.50. The molecule has 0 radical (unpaired) electrons. The molecule has 2 aromatic carbocycles. The lowest BCUT2D eigenvalue weighted by atomic mass is 9.89. The van der Waals surface area contributed by atoms with Crippen molar-refractivity contribution in [2.75, 3.05) is 13.7 Å². The lowest BCUT2D eigenvalue weighted by Crippen LogP contribution is -2.32. The Labute approximate surface area is 137 Å². The first-order valence-electron chi connectivity index (χ1n) is 8.00. The SMILES string of the molecule is COc1ccc([C@H]2CC(C)(C)CN2C(=O)c2ccccc2)cc1. The molecule has 0 spiro atoms. The molecule has 3 heteroatoms. The third kappa shape index (κ3) is 3.24. The standard InChI is InChI=1S/C20H23NO2/c1-20(2)13-18(15-9-11-17(23-3)12-10-15)21(14-20)19(22)16-7-5-4-6-8-16/h4-12,18H,13-14H2,1-3H3/t18-/m1/s1. The Morgan fingerprint density at radius 2 is 1.74 bits per heavy atom. The molecule has 0 bridgehead atoms. The van der Waals surface area contributed by atoms with Gasteiger partial charge in [-0.15, -0.1) is 0 Å². The molecule has 0 aromatic heterocycles. The van der Waals surface area contributed by atoms with Gasteiger partial charge in [0.1, 0.15) is 5.75 Å². The zero-order valence-electron chi connectivity index (χ0n) is 14.0. The Balaban J connectivity index is 1.91. The summed E-state index contributed by atoms with van der Waals surface area (Å²) in [4.78, 5) is 15.0. The maximum Gasteiger partial charge on any atom is 0.254 e. The van der Waals surface area contributed by atoms with Crippen LogP contribution >= 0.6 is 0 Å². The zero-order valence-corrected chi connectivity index (χ0v) is 14.0. The van der Waals surface area contributed by atoms with Crippen LogP contribution in [-0.2, 0) is 0 Å². The molecule has 2 aromatic rings. The number of ether oxygens (including phenoxy) is 1. The van der Waals surface area contributed by atoms with Crippen LogP contribution in [0, 0.1) is 5.41 Å². The maximum absolute atomic E-state index is 12.9. The summed E-state index contributed by atoms with van der Waals surface area (Å²) in [6.07, 6.45) is 0.970. The molecule has 0 aliphatic carbocycles. The summed E-state index contributed by atoms with van der Waals surface area (Å²) in [5.74, 6) is 0.948. The van der Waals surface area contributed by atoms with Gasteiger partial charge in [0, 0.05) is 12.1 Å². The van der Waals surface area contributed by atoms with E-state index in [0.717, 1.165) is 24.3 Å². The number of hydrogen-bond donors (Lipinski definition) is 0. The summed E-state index contributed by atoms with van der Waals surface area (Å²) >= 11 is 0. The lowest BCUT2D eigenvalue weighted by molar-refractivity contribution is 0.0725. The van der Waals surface area contributed by atoms with Gasteiger partial charge in [-0.05, 0) is 41.7 Å². The Hall–Kier alpha value is -2.29. The monoisotopic (exact) mass is 309 g/mol. The van der Waals surface area contributed by atoms with E-state index in [0.29, 0.717) is 0 Å². The topological polar surface area (TPSA) is 29.5 Å². The first-order chi connectivity index (χ1) is 11.0. The van der Waals surface area contributed by atoms with E-state index in [-0.39, 0.29) is 17.4 Å². The molecular weight excluding hydrogens is 286 g/mol. The van der Waals surface area contributed by atoms with Crippen molar-refractivity contribution in [3.63, 3.8) is 0 Å². The molecule has 3 rings (SSSR count). The predicted molar refractivity (Wildman–Crippen MR) is 91.6 cm³/mol. The largest absolute Gasteiger partial charge is 0.497 e. The highest BCUT2D eigenvalue weighted by Gasteiger charge is 2.40. The Morgan fingerprint density at radius 1 is 1.09 bits per heavy atom. The number of amides is 1. The Kier molecular flexibility index (Phi) is 4.12. The van der Waals surface area contributed by atoms with E-state index in [4.69, 9.17) is 4.74 Å². The molecule has 1 aliphatic heterocycles. The fraction of sp³-hybridized carbons (Fsp3) is 0.350. The van der Waals surface area contributed by atoms with E-state index in [2.05, 4.69) is 26.0 Å². The van der Waals surface area contributed by atoms with E-state index in [1.165, 1.54) is 5.56 Å². The van der Waals surface area contributed by atoms with Crippen LogP contribution < -0.4 is 4.74 Å². The van der Waals surface area contributed by atoms with Gasteiger partial charge in [0.15, 0.2) is 0 Å². The van der Waals surface area contributed by atoms with Crippen molar-refractivity contribution in [2.45, 2.75) is 26.3 Å². The van der Waals surface area contributed by atoms with Gasteiger partial charge in [-0.2, -0.15) is 0 Å². The molecule has 1 heterocycles. The van der Waals surface area contributed by atoms with Crippen LogP contribution in [0.2, 0.25) is 0 Å². The number of carbonyl (C=O) groups excluding carboxylic acids is 1. The number of methoxy groups -OCH3 is 1. The van der Waals surface area contributed by atoms with Gasteiger partial charge >= 0.3 is 0 Å². The Bertz CT molecular complexity index is 677. The summed E-state index contributed by atoms with van der Waals surface area (Å²) < 4.78 is 5.24. The number of hydrogen-bond acceptors (Lipinski definition) is 2. The van der Waals surface area contributed by atoms with Crippen molar-refractivity contribution >= 4 is 5.91 Å². The van der Waals surface area contributed by atoms with Crippen LogP contribution in [0.1, 0.15) is 42.2 Å². The molecule has 23 heavy (non-hydrogen) atoms. The minimum absolute atomic E-state index is 0.108. The second-order valence-corrected chi connectivity index (χ2v) is 6.96. The predicted octanol–water partition coefficient (Wildman–Crippen LogP) is 4.31. The van der Waals surface area contributed by atoms with E-state index in [9.17, 15) is 4.79 Å². The maximum atomic E-state index is 12.9. The first-order valence-corrected chi connectivity index (χ1v) is 8.00. The molecule has 1 aliphatic rings. The molecule has 1 saturated heterocycles. The molecule has 1 fully saturated rings. The molecule has 0 N–H and O–H groups in total. The van der Waals surface area contributed by atoms with Gasteiger partial charge < -0.3 is 9.64 Å². The second kappa shape index (κ2) is 6.07. The number of carbonyl (C=O) groups is 1. The van der Waals surface area contributed by atoms with E-state index in [1.54, 1.807) is 7.11 Å². The average molecular weight is 309 g/mol. The smallest absolute Gasteiger partial charge is 0.254 e. The number of benzene rings is 2. The van der Waals surface area contributed by atoms with Crippen molar-refractivity contribution in [3.05, 3.63) is 65.7 Å². The molecule has 120 valence electrons. The minimum Gasteiger partial charge on any atom is -0.497 e. The minimum atomic E-state index is 0.108. The summed E-state index contributed by atoms with van der Waals surface area (Å²) in [7, 11) is 1.67. The highest BCUT2D eigenvalue weighted by Crippen LogP contribution is 2.43. The normalized spacial score (nSPS) is 19.6. The molecule has 0 unspecified atom stereocenters. The third-order valence-electron chi connectivity index (χ3n) is 4.50. The van der Waals surface area contributed by atoms with E-state index in [1.807, 2.05) is 47.4 Å². The van der Waals surface area contributed by atoms with Crippen molar-refractivity contribution in [1.82, 2.24) is 4.90 Å². The molecule has 0 saturated carbocycles. The van der Waals surface area contributed by atoms with Gasteiger partial charge in [-0.25, -0.2) is 0 Å². The van der Waals surface area contributed by atoms with Crippen LogP contribution in [0.5, 0.6) is 5.75 Å². The van der Waals surface area contributed by atoms with Gasteiger partial charge in [0.25, 0.3) is 5.91 Å². The second-order valence-electron chi connectivity index (χ2n) is 6.96. The quantitative estimate of drug-likeness (QED) is 0.845. The van der Waals surface area contributed by atoms with Gasteiger partial charge in [-0.3, -0.25) is 4.79 Å². The zero-order chi connectivity index (χ0) is 16.4. The van der Waals surface area contributed by atoms with Crippen molar-refractivity contribution in [3.8, 4) is 5.75 Å². The highest BCUT2D eigenvalue weighted by molar-refractivity contribution is 5.94. The summed E-state index contributed by atoms with van der Waals surface area (Å²) in [5, 5.41) is 0. The molecule has 1 atom stereocenters. The average Bonchev–Trinajstić information content (AvgIpc) is 2.91. The molecular formula is C20H23NO2. The Morgan fingerprint density at radius 3 is 2.35 bits per heavy atom. The van der Waals surface area contributed by atoms with E-state index < -0.39 is 0 Å². The summed E-state index contributed by atoms with van der Waals surface area (Å²) in [6.45, 7) is 5.22. The summed E-state index contributed by atoms with van der Waals surface area (Å²) in [6, 6.07) is 17.7. The molecule has 3 nitrogen and oxygen atoms in total. The van der Waals surface area contributed by atoms with Gasteiger partial charge in [-0.1, -0.05) is 44.2 Å². The first kappa shape index (κ1) is 15.6. The van der Waals surface area contributed by atoms with Gasteiger partial charge in [0.05, 0.1) is 13.2 Å². The van der Waals surface area contributed by atoms with E-state index >= 15 is 0 Å². The van der Waals surface area contributed by atoms with Crippen LogP contribution in [-0.4, -0.2) is 24.5 Å². The number of nitrogens with zero attached hydrogens (tertiary/aromatic N) is 1. The highest BCUT2D eigenvalue weighted by atomic mass is 16.5. The van der Waals surface area contributed by atoms with Crippen molar-refractivity contribution in [2.24, 2.45) is 5.41 Å². The fourth-order valence-electron chi connectivity index (χ4n) is 3.35. The molecule has 1 amide bonds. The fourth-order valence-corrected chi connectivity index (χ4v) is 3.35. The lowest BCUT2D eigenvalue weighted by Gasteiger charge is -2.25. The van der Waals surface area contributed by atoms with Crippen molar-refractivity contribution < 1.29 is 9.53 Å². The summed E-state index contributed by atoms with van der Waals surface area (Å²) in [5.41, 5.74) is 2.04. The van der Waals surface area contributed by atoms with Crippen molar-refractivity contribution in [1.29, 1.82) is 0 Å². The van der Waals surface area contributed by atoms with Crippen LogP contribution in [0.25, 0.3) is 0 Å². The number of rotatable bonds is 3. The van der Waals surface area contributed by atoms with Gasteiger partial charge in [0.2, 0.25) is 0 Å². The van der Waals surface area contributed by atoms with Crippen LogP contribution in [0.4, 0.5) is 0 Å². The van der Waals surface area contributed by atoms with Crippen LogP contribution in [0.15, 0.2) is 54.6 Å².